The molecule has 51 heavy (non-hydrogen) atoms. The normalized spacial score (nSPS) is 26.3. The van der Waals surface area contributed by atoms with Gasteiger partial charge < -0.3 is 25.2 Å². The van der Waals surface area contributed by atoms with Gasteiger partial charge in [-0.25, -0.2) is 0 Å². The van der Waals surface area contributed by atoms with Crippen molar-refractivity contribution in [3.8, 4) is 11.5 Å². The molecule has 0 spiro atoms. The van der Waals surface area contributed by atoms with Crippen LogP contribution in [0.4, 0.5) is 0 Å². The number of Topliss-reactive ketones (excluding diaryl/α,β-unsaturated/α-hetero) is 4. The van der Waals surface area contributed by atoms with Gasteiger partial charge in [-0.15, -0.1) is 0 Å². The molecular weight excluding hydrogens is 648 g/mol. The number of aliphatic hydroxyl groups is 3. The molecule has 0 heterocycles. The monoisotopic (exact) mass is 700 g/mol. The Morgan fingerprint density at radius 3 is 2.14 bits per heavy atom. The second-order valence-electron chi connectivity index (χ2n) is 17.0. The van der Waals surface area contributed by atoms with E-state index in [9.17, 15) is 39.6 Å². The summed E-state index contributed by atoms with van der Waals surface area (Å²) in [5.41, 5.74) is -3.72. The van der Waals surface area contributed by atoms with Crippen molar-refractivity contribution in [2.45, 2.75) is 118 Å². The summed E-state index contributed by atoms with van der Waals surface area (Å²) in [6.45, 7) is 18.0. The van der Waals surface area contributed by atoms with E-state index in [1.807, 2.05) is 65.0 Å². The molecule has 0 bridgehead atoms. The number of benzene rings is 2. The van der Waals surface area contributed by atoms with E-state index < -0.39 is 56.8 Å². The van der Waals surface area contributed by atoms with Crippen LogP contribution >= 0.6 is 0 Å². The molecule has 0 aliphatic heterocycles. The Balaban J connectivity index is 1.54. The Kier molecular flexibility index (Phi) is 9.51. The van der Waals surface area contributed by atoms with E-state index in [-0.39, 0.29) is 72.2 Å². The molecule has 5 rings (SSSR count). The number of carbonyl (C=O) groups is 4. The van der Waals surface area contributed by atoms with Crippen LogP contribution in [0, 0.1) is 22.7 Å². The number of phenolic OH excluding ortho intramolecular Hbond substituents is 1. The number of hydrogen-bond acceptors (Lipinski definition) is 9. The minimum atomic E-state index is -2.67. The maximum absolute atomic E-state index is 14.6. The van der Waals surface area contributed by atoms with Crippen LogP contribution in [0.2, 0.25) is 0 Å². The first-order chi connectivity index (χ1) is 23.5. The molecule has 2 aromatic carbocycles. The van der Waals surface area contributed by atoms with Crippen LogP contribution in [0.3, 0.4) is 0 Å². The number of fused-ring (bicyclic) bond motifs is 3. The van der Waals surface area contributed by atoms with E-state index in [1.54, 1.807) is 27.7 Å². The number of allylic oxidation sites excluding steroid dienone is 2. The largest absolute Gasteiger partial charge is 0.511 e. The molecule has 4 atom stereocenters. The third kappa shape index (κ3) is 6.11. The third-order valence-corrected chi connectivity index (χ3v) is 11.2. The topological polar surface area (TPSA) is 158 Å². The SMILES string of the molecule is CC(=O)C1=C(O)C(C(C)C)[C@@]2(C)C[C@@]3(C)Cc4c(C(C)C)cc(CCC(=O)Cc5ccc(OC(C)(C)C)cc5)c(O)c4C(=O)C3=C(O)[C@@]2(O)C1=O. The number of phenols is 1. The van der Waals surface area contributed by atoms with Crippen molar-refractivity contribution in [2.75, 3.05) is 0 Å². The van der Waals surface area contributed by atoms with E-state index in [0.717, 1.165) is 18.1 Å². The van der Waals surface area contributed by atoms with Gasteiger partial charge in [-0.3, -0.25) is 19.2 Å². The minimum Gasteiger partial charge on any atom is -0.511 e. The molecule has 3 aliphatic carbocycles. The molecular formula is C42H52O9. The summed E-state index contributed by atoms with van der Waals surface area (Å²) in [5.74, 6) is -4.82. The average molecular weight is 701 g/mol. The highest BCUT2D eigenvalue weighted by atomic mass is 16.5. The van der Waals surface area contributed by atoms with Gasteiger partial charge in [-0.2, -0.15) is 0 Å². The summed E-state index contributed by atoms with van der Waals surface area (Å²) >= 11 is 0. The van der Waals surface area contributed by atoms with Crippen molar-refractivity contribution in [1.82, 2.24) is 0 Å². The van der Waals surface area contributed by atoms with Crippen LogP contribution in [-0.4, -0.2) is 54.8 Å². The summed E-state index contributed by atoms with van der Waals surface area (Å²) < 4.78 is 5.87. The first kappa shape index (κ1) is 38.0. The quantitative estimate of drug-likeness (QED) is 0.196. The molecule has 4 N–H and O–H groups in total. The molecule has 9 heteroatoms. The summed E-state index contributed by atoms with van der Waals surface area (Å²) in [7, 11) is 0. The summed E-state index contributed by atoms with van der Waals surface area (Å²) in [6.07, 6.45) is 0.698. The van der Waals surface area contributed by atoms with Crippen molar-refractivity contribution < 1.29 is 44.3 Å². The molecule has 9 nitrogen and oxygen atoms in total. The van der Waals surface area contributed by atoms with Crippen LogP contribution in [-0.2, 0) is 33.6 Å². The fraction of sp³-hybridized carbons (Fsp3) is 0.524. The number of aliphatic hydroxyl groups excluding tert-OH is 2. The number of ketones is 4. The molecule has 0 radical (unpaired) electrons. The van der Waals surface area contributed by atoms with Gasteiger partial charge in [-0.1, -0.05) is 59.7 Å². The second-order valence-corrected chi connectivity index (χ2v) is 17.0. The van der Waals surface area contributed by atoms with Crippen molar-refractivity contribution in [3.05, 3.63) is 80.8 Å². The highest BCUT2D eigenvalue weighted by Crippen LogP contribution is 2.65. The maximum Gasteiger partial charge on any atom is 0.209 e. The lowest BCUT2D eigenvalue weighted by molar-refractivity contribution is -0.171. The summed E-state index contributed by atoms with van der Waals surface area (Å²) in [4.78, 5) is 54.4. The lowest BCUT2D eigenvalue weighted by atomic mass is 9.44. The van der Waals surface area contributed by atoms with Crippen molar-refractivity contribution in [2.24, 2.45) is 22.7 Å². The highest BCUT2D eigenvalue weighted by molar-refractivity contribution is 6.25. The van der Waals surface area contributed by atoms with E-state index in [0.29, 0.717) is 16.9 Å². The third-order valence-electron chi connectivity index (χ3n) is 11.2. The van der Waals surface area contributed by atoms with E-state index in [4.69, 9.17) is 4.74 Å². The Hall–Kier alpha value is -4.24. The summed E-state index contributed by atoms with van der Waals surface area (Å²) in [6, 6.07) is 9.21. The molecule has 0 fully saturated rings. The number of aryl methyl sites for hydroxylation is 1. The molecule has 0 amide bonds. The van der Waals surface area contributed by atoms with E-state index in [2.05, 4.69) is 0 Å². The standard InChI is InChI=1S/C42H52O9/c1-21(2)28-18-25(13-14-26(44)17-24-11-15-27(16-12-24)51-39(6,7)8)34(45)31-29(28)19-40(9)20-41(10)32(22(3)4)35(46)30(23(5)43)37(48)42(41,50)38(49)33(40)36(31)47/h11-12,15-16,18,21-22,32,45-46,49-50H,13-14,17,19-20H2,1-10H3/t32?,40-,41-,42+/m1/s1. The minimum absolute atomic E-state index is 0.0156. The van der Waals surface area contributed by atoms with E-state index in [1.165, 1.54) is 0 Å². The Bertz CT molecular complexity index is 1890. The van der Waals surface area contributed by atoms with Crippen LogP contribution in [0.1, 0.15) is 121 Å². The number of rotatable bonds is 9. The zero-order chi connectivity index (χ0) is 38.2. The van der Waals surface area contributed by atoms with Gasteiger partial charge in [-0.05, 0) is 93.2 Å². The lowest BCUT2D eigenvalue weighted by Gasteiger charge is -2.59. The molecule has 0 aromatic heterocycles. The highest BCUT2D eigenvalue weighted by Gasteiger charge is 2.71. The average Bonchev–Trinajstić information content (AvgIpc) is 2.98. The van der Waals surface area contributed by atoms with Crippen LogP contribution < -0.4 is 4.74 Å². The van der Waals surface area contributed by atoms with Crippen molar-refractivity contribution in [1.29, 1.82) is 0 Å². The Labute approximate surface area is 300 Å². The number of hydrogen-bond donors (Lipinski definition) is 4. The Morgan fingerprint density at radius 2 is 1.61 bits per heavy atom. The number of carbonyl (C=O) groups excluding carboxylic acids is 4. The van der Waals surface area contributed by atoms with Gasteiger partial charge in [0.05, 0.1) is 5.56 Å². The second kappa shape index (κ2) is 12.8. The van der Waals surface area contributed by atoms with Gasteiger partial charge in [0.15, 0.2) is 17.2 Å². The predicted molar refractivity (Wildman–Crippen MR) is 193 cm³/mol. The molecule has 0 saturated heterocycles. The zero-order valence-electron chi connectivity index (χ0n) is 31.5. The van der Waals surface area contributed by atoms with Gasteiger partial charge >= 0.3 is 0 Å². The molecule has 1 unspecified atom stereocenters. The predicted octanol–water partition coefficient (Wildman–Crippen LogP) is 7.39. The number of ether oxygens (including phenoxy) is 1. The smallest absolute Gasteiger partial charge is 0.209 e. The molecule has 274 valence electrons. The van der Waals surface area contributed by atoms with E-state index >= 15 is 0 Å². The van der Waals surface area contributed by atoms with Crippen molar-refractivity contribution in [3.63, 3.8) is 0 Å². The maximum atomic E-state index is 14.6. The fourth-order valence-corrected chi connectivity index (χ4v) is 9.21. The summed E-state index contributed by atoms with van der Waals surface area (Å²) in [5, 5.41) is 47.4. The fourth-order valence-electron chi connectivity index (χ4n) is 9.21. The first-order valence-corrected chi connectivity index (χ1v) is 17.9. The Morgan fingerprint density at radius 1 is 1.00 bits per heavy atom. The van der Waals surface area contributed by atoms with Crippen molar-refractivity contribution >= 4 is 23.1 Å². The molecule has 3 aliphatic rings. The molecule has 2 aromatic rings. The van der Waals surface area contributed by atoms with Gasteiger partial charge in [0.25, 0.3) is 0 Å². The van der Waals surface area contributed by atoms with Crippen LogP contribution in [0.5, 0.6) is 11.5 Å². The first-order valence-electron chi connectivity index (χ1n) is 17.9. The van der Waals surface area contributed by atoms with Gasteiger partial charge in [0.1, 0.15) is 40.0 Å². The lowest BCUT2D eigenvalue weighted by Crippen LogP contribution is -2.67. The van der Waals surface area contributed by atoms with Crippen LogP contribution in [0.15, 0.2) is 53.0 Å². The van der Waals surface area contributed by atoms with Crippen LogP contribution in [0.25, 0.3) is 0 Å². The van der Waals surface area contributed by atoms with Gasteiger partial charge in [0.2, 0.25) is 5.78 Å². The van der Waals surface area contributed by atoms with Gasteiger partial charge in [0, 0.05) is 35.2 Å². The zero-order valence-corrected chi connectivity index (χ0v) is 31.5. The number of aromatic hydroxyl groups is 1. The molecule has 0 saturated carbocycles.